The molecule has 0 atom stereocenters. The zero-order valence-corrected chi connectivity index (χ0v) is 8.99. The highest BCUT2D eigenvalue weighted by molar-refractivity contribution is 5.85. The second-order valence-electron chi connectivity index (χ2n) is 3.34. The van der Waals surface area contributed by atoms with E-state index in [9.17, 15) is 4.39 Å². The van der Waals surface area contributed by atoms with Crippen molar-refractivity contribution < 1.29 is 4.39 Å². The van der Waals surface area contributed by atoms with Crippen LogP contribution in [-0.2, 0) is 12.0 Å². The molecule has 1 rings (SSSR count). The molecule has 0 unspecified atom stereocenters. The molecule has 0 fully saturated rings. The zero-order valence-electron chi connectivity index (χ0n) is 8.17. The zero-order chi connectivity index (χ0) is 10.1. The number of hydrogen-bond donors (Lipinski definition) is 2. The van der Waals surface area contributed by atoms with Crippen LogP contribution in [-0.4, -0.2) is 15.2 Å². The molecular weight excluding hydrogens is 207 g/mol. The summed E-state index contributed by atoms with van der Waals surface area (Å²) in [6.07, 6.45) is 0. The molecule has 0 saturated carbocycles. The molecule has 0 aliphatic heterocycles. The fourth-order valence-electron chi connectivity index (χ4n) is 0.787. The first-order valence-electron chi connectivity index (χ1n) is 3.95. The van der Waals surface area contributed by atoms with Crippen molar-refractivity contribution in [1.82, 2.24) is 15.2 Å². The minimum Gasteiger partial charge on any atom is -0.324 e. The Kier molecular flexibility index (Phi) is 4.22. The maximum Gasteiger partial charge on any atom is 0.163 e. The second kappa shape index (κ2) is 4.52. The van der Waals surface area contributed by atoms with Crippen LogP contribution in [0, 0.1) is 0 Å². The van der Waals surface area contributed by atoms with Crippen molar-refractivity contribution in [3.8, 4) is 0 Å². The third-order valence-corrected chi connectivity index (χ3v) is 1.96. The van der Waals surface area contributed by atoms with E-state index in [2.05, 4.69) is 21.8 Å². The lowest BCUT2D eigenvalue weighted by atomic mass is 9.92. The van der Waals surface area contributed by atoms with Gasteiger partial charge in [-0.2, -0.15) is 5.10 Å². The minimum absolute atomic E-state index is 0. The largest absolute Gasteiger partial charge is 0.324 e. The number of H-pyrrole nitrogens is 1. The first kappa shape index (κ1) is 13.1. The number of allylic oxidation sites excluding steroid dienone is 1. The highest BCUT2D eigenvalue weighted by Crippen LogP contribution is 2.27. The molecule has 1 aromatic heterocycles. The summed E-state index contributed by atoms with van der Waals surface area (Å²) in [4.78, 5) is 4.03. The van der Waals surface area contributed by atoms with E-state index in [4.69, 9.17) is 5.73 Å². The Morgan fingerprint density at radius 2 is 2.21 bits per heavy atom. The van der Waals surface area contributed by atoms with Gasteiger partial charge in [-0.1, -0.05) is 6.58 Å². The molecule has 0 saturated heterocycles. The Bertz CT molecular complexity index is 321. The molecule has 6 heteroatoms. The molecule has 4 nitrogen and oxygen atoms in total. The molecule has 0 spiro atoms. The maximum atomic E-state index is 13.0. The van der Waals surface area contributed by atoms with E-state index in [1.807, 2.05) is 0 Å². The van der Waals surface area contributed by atoms with Crippen LogP contribution >= 0.6 is 12.4 Å². The van der Waals surface area contributed by atoms with E-state index < -0.39 is 11.2 Å². The minimum atomic E-state index is -0.857. The summed E-state index contributed by atoms with van der Waals surface area (Å²) in [6, 6.07) is 0. The molecule has 1 aromatic rings. The van der Waals surface area contributed by atoms with Crippen LogP contribution in [0.2, 0.25) is 0 Å². The molecule has 80 valence electrons. The third kappa shape index (κ3) is 2.30. The van der Waals surface area contributed by atoms with Gasteiger partial charge in [0.25, 0.3) is 0 Å². The van der Waals surface area contributed by atoms with Crippen LogP contribution < -0.4 is 5.73 Å². The highest BCUT2D eigenvalue weighted by atomic mass is 35.5. The SMILES string of the molecule is C=C(F)C(C)(C)c1n[nH]c(CN)n1.Cl. The fraction of sp³-hybridized carbons (Fsp3) is 0.500. The van der Waals surface area contributed by atoms with Gasteiger partial charge in [-0.25, -0.2) is 9.37 Å². The molecule has 0 radical (unpaired) electrons. The number of hydrogen-bond acceptors (Lipinski definition) is 3. The van der Waals surface area contributed by atoms with Crippen LogP contribution in [0.4, 0.5) is 4.39 Å². The van der Waals surface area contributed by atoms with Crippen molar-refractivity contribution in [1.29, 1.82) is 0 Å². The lowest BCUT2D eigenvalue weighted by Gasteiger charge is -2.16. The number of rotatable bonds is 3. The fourth-order valence-corrected chi connectivity index (χ4v) is 0.787. The van der Waals surface area contributed by atoms with Crippen molar-refractivity contribution >= 4 is 12.4 Å². The van der Waals surface area contributed by atoms with Crippen molar-refractivity contribution in [2.24, 2.45) is 5.73 Å². The standard InChI is InChI=1S/C8H13FN4.ClH/c1-5(9)8(2,3)7-11-6(4-10)12-13-7;/h1,4,10H2,2-3H3,(H,11,12,13);1H. The van der Waals surface area contributed by atoms with Gasteiger partial charge in [0.15, 0.2) is 5.82 Å². The van der Waals surface area contributed by atoms with E-state index >= 15 is 0 Å². The summed E-state index contributed by atoms with van der Waals surface area (Å²) in [7, 11) is 0. The average Bonchev–Trinajstić information content (AvgIpc) is 2.51. The monoisotopic (exact) mass is 220 g/mol. The Balaban J connectivity index is 0.00000169. The molecule has 1 heterocycles. The van der Waals surface area contributed by atoms with E-state index in [1.54, 1.807) is 13.8 Å². The molecule has 3 N–H and O–H groups in total. The number of aromatic amines is 1. The van der Waals surface area contributed by atoms with Gasteiger partial charge in [0.05, 0.1) is 12.0 Å². The molecular formula is C8H14ClFN4. The van der Waals surface area contributed by atoms with Crippen LogP contribution in [0.1, 0.15) is 25.5 Å². The van der Waals surface area contributed by atoms with Crippen molar-refractivity contribution in [2.45, 2.75) is 25.8 Å². The smallest absolute Gasteiger partial charge is 0.163 e. The van der Waals surface area contributed by atoms with Gasteiger partial charge < -0.3 is 5.73 Å². The molecule has 14 heavy (non-hydrogen) atoms. The number of nitrogens with one attached hydrogen (secondary N) is 1. The molecule has 0 aromatic carbocycles. The van der Waals surface area contributed by atoms with E-state index in [0.29, 0.717) is 11.6 Å². The topological polar surface area (TPSA) is 67.6 Å². The Hall–Kier alpha value is -0.940. The van der Waals surface area contributed by atoms with Crippen molar-refractivity contribution in [2.75, 3.05) is 0 Å². The summed E-state index contributed by atoms with van der Waals surface area (Å²) in [5.41, 5.74) is 4.48. The van der Waals surface area contributed by atoms with E-state index in [-0.39, 0.29) is 19.0 Å². The Morgan fingerprint density at radius 1 is 1.64 bits per heavy atom. The van der Waals surface area contributed by atoms with Crippen LogP contribution in [0.25, 0.3) is 0 Å². The number of halogens is 2. The van der Waals surface area contributed by atoms with Gasteiger partial charge in [0.1, 0.15) is 11.7 Å². The summed E-state index contributed by atoms with van der Waals surface area (Å²) in [6.45, 7) is 6.84. The first-order chi connectivity index (χ1) is 5.98. The lowest BCUT2D eigenvalue weighted by Crippen LogP contribution is -2.19. The van der Waals surface area contributed by atoms with Crippen LogP contribution in [0.5, 0.6) is 0 Å². The molecule has 0 aliphatic rings. The van der Waals surface area contributed by atoms with Crippen molar-refractivity contribution in [3.05, 3.63) is 24.1 Å². The predicted molar refractivity (Wildman–Crippen MR) is 54.8 cm³/mol. The quantitative estimate of drug-likeness (QED) is 0.810. The summed E-state index contributed by atoms with van der Waals surface area (Å²) in [5, 5.41) is 6.49. The summed E-state index contributed by atoms with van der Waals surface area (Å²) < 4.78 is 13.0. The van der Waals surface area contributed by atoms with Gasteiger partial charge in [-0.05, 0) is 13.8 Å². The maximum absolute atomic E-state index is 13.0. The number of nitrogens with two attached hydrogens (primary N) is 1. The van der Waals surface area contributed by atoms with Gasteiger partial charge in [-0.3, -0.25) is 5.10 Å². The van der Waals surface area contributed by atoms with Gasteiger partial charge >= 0.3 is 0 Å². The van der Waals surface area contributed by atoms with E-state index in [1.165, 1.54) is 0 Å². The van der Waals surface area contributed by atoms with Gasteiger partial charge in [0.2, 0.25) is 0 Å². The third-order valence-electron chi connectivity index (χ3n) is 1.96. The van der Waals surface area contributed by atoms with Gasteiger partial charge in [0, 0.05) is 0 Å². The normalized spacial score (nSPS) is 10.9. The lowest BCUT2D eigenvalue weighted by molar-refractivity contribution is 0.442. The first-order valence-corrected chi connectivity index (χ1v) is 3.95. The predicted octanol–water partition coefficient (Wildman–Crippen LogP) is 1.45. The number of nitrogens with zero attached hydrogens (tertiary/aromatic N) is 2. The second-order valence-corrected chi connectivity index (χ2v) is 3.34. The highest BCUT2D eigenvalue weighted by Gasteiger charge is 2.29. The number of aromatic nitrogens is 3. The summed E-state index contributed by atoms with van der Waals surface area (Å²) >= 11 is 0. The Morgan fingerprint density at radius 3 is 2.57 bits per heavy atom. The van der Waals surface area contributed by atoms with Crippen LogP contribution in [0.3, 0.4) is 0 Å². The van der Waals surface area contributed by atoms with E-state index in [0.717, 1.165) is 0 Å². The van der Waals surface area contributed by atoms with Crippen molar-refractivity contribution in [3.63, 3.8) is 0 Å². The molecule has 0 amide bonds. The summed E-state index contributed by atoms with van der Waals surface area (Å²) in [5.74, 6) is 0.458. The Labute approximate surface area is 88.2 Å². The molecule has 0 bridgehead atoms. The average molecular weight is 221 g/mol. The van der Waals surface area contributed by atoms with Crippen LogP contribution in [0.15, 0.2) is 12.4 Å². The van der Waals surface area contributed by atoms with Gasteiger partial charge in [-0.15, -0.1) is 12.4 Å². The molecule has 0 aliphatic carbocycles.